The normalized spacial score (nSPS) is 12.6. The van der Waals surface area contributed by atoms with E-state index in [2.05, 4.69) is 0 Å². The number of aliphatic hydroxyl groups is 1. The van der Waals surface area contributed by atoms with Crippen LogP contribution < -0.4 is 4.74 Å². The molecule has 24 heavy (non-hydrogen) atoms. The van der Waals surface area contributed by atoms with Crippen molar-refractivity contribution in [1.29, 1.82) is 0 Å². The minimum Gasteiger partial charge on any atom is -0.493 e. The third-order valence-corrected chi connectivity index (χ3v) is 4.00. The lowest BCUT2D eigenvalue weighted by Gasteiger charge is -2.09. The van der Waals surface area contributed by atoms with Crippen molar-refractivity contribution in [3.8, 4) is 5.75 Å². The van der Waals surface area contributed by atoms with E-state index in [9.17, 15) is 22.7 Å². The van der Waals surface area contributed by atoms with Gasteiger partial charge in [-0.05, 0) is 42.0 Å². The zero-order valence-electron chi connectivity index (χ0n) is 12.4. The Morgan fingerprint density at radius 2 is 1.67 bits per heavy atom. The zero-order chi connectivity index (χ0) is 17.7. The summed E-state index contributed by atoms with van der Waals surface area (Å²) in [5.74, 6) is -1.00. The minimum absolute atomic E-state index is 0.0778. The van der Waals surface area contributed by atoms with Crippen LogP contribution in [0.25, 0.3) is 0 Å². The smallest absolute Gasteiger partial charge is 0.299 e. The molecule has 0 saturated heterocycles. The van der Waals surface area contributed by atoms with Crippen LogP contribution in [-0.4, -0.2) is 35.9 Å². The first-order valence-electron chi connectivity index (χ1n) is 6.93. The number of rotatable bonds is 7. The number of carbonyl (C=O) groups is 1. The molecule has 0 amide bonds. The molecule has 1 unspecified atom stereocenters. The second-order valence-corrected chi connectivity index (χ2v) is 6.46. The molecular weight excluding hydrogens is 339 g/mol. The van der Waals surface area contributed by atoms with E-state index in [1.807, 2.05) is 0 Å². The van der Waals surface area contributed by atoms with Crippen molar-refractivity contribution in [3.05, 3.63) is 65.5 Å². The molecule has 0 fully saturated rings. The summed E-state index contributed by atoms with van der Waals surface area (Å²) in [6.07, 6.45) is 0.558. The number of benzene rings is 2. The van der Waals surface area contributed by atoms with Gasteiger partial charge in [-0.25, -0.2) is 4.39 Å². The Labute approximate surface area is 138 Å². The van der Waals surface area contributed by atoms with Crippen LogP contribution in [0.15, 0.2) is 48.5 Å². The molecule has 128 valence electrons. The number of ketones is 1. The highest BCUT2D eigenvalue weighted by atomic mass is 32.2. The molecule has 2 N–H and O–H groups in total. The molecule has 0 aliphatic heterocycles. The molecule has 0 heterocycles. The van der Waals surface area contributed by atoms with Gasteiger partial charge in [0.15, 0.2) is 0 Å². The van der Waals surface area contributed by atoms with Gasteiger partial charge in [0.2, 0.25) is 11.2 Å². The summed E-state index contributed by atoms with van der Waals surface area (Å²) < 4.78 is 48.4. The Balaban J connectivity index is 1.92. The van der Waals surface area contributed by atoms with E-state index < -0.39 is 21.3 Å². The molecule has 1 atom stereocenters. The van der Waals surface area contributed by atoms with E-state index in [-0.39, 0.29) is 11.4 Å². The van der Waals surface area contributed by atoms with Gasteiger partial charge in [-0.15, -0.1) is 0 Å². The van der Waals surface area contributed by atoms with E-state index in [4.69, 9.17) is 9.29 Å². The summed E-state index contributed by atoms with van der Waals surface area (Å²) in [5, 5.41) is 9.22. The number of hydrogen-bond donors (Lipinski definition) is 2. The maximum absolute atomic E-state index is 12.8. The Kier molecular flexibility index (Phi) is 5.66. The summed E-state index contributed by atoms with van der Waals surface area (Å²) in [7, 11) is -4.86. The molecule has 2 aromatic rings. The molecule has 0 aromatic heterocycles. The van der Waals surface area contributed by atoms with Crippen molar-refractivity contribution in [1.82, 2.24) is 0 Å². The molecule has 2 rings (SSSR count). The molecular formula is C16H15FO6S. The van der Waals surface area contributed by atoms with Crippen LogP contribution in [0.5, 0.6) is 5.75 Å². The van der Waals surface area contributed by atoms with Gasteiger partial charge in [-0.1, -0.05) is 12.1 Å². The summed E-state index contributed by atoms with van der Waals surface area (Å²) in [5.41, 5.74) is -1.69. The van der Waals surface area contributed by atoms with Crippen LogP contribution in [-0.2, 0) is 16.5 Å². The van der Waals surface area contributed by atoms with Gasteiger partial charge < -0.3 is 9.84 Å². The number of carbonyl (C=O) groups excluding carboxylic acids is 1. The number of ether oxygens (including phenoxy) is 1. The van der Waals surface area contributed by atoms with Crippen molar-refractivity contribution in [2.45, 2.75) is 11.9 Å². The van der Waals surface area contributed by atoms with Crippen LogP contribution in [0.2, 0.25) is 0 Å². The molecule has 0 aliphatic rings. The lowest BCUT2D eigenvalue weighted by molar-refractivity contribution is 0.0848. The van der Waals surface area contributed by atoms with E-state index in [0.717, 1.165) is 5.56 Å². The van der Waals surface area contributed by atoms with Gasteiger partial charge in [0, 0.05) is 12.0 Å². The first-order valence-corrected chi connectivity index (χ1v) is 8.43. The van der Waals surface area contributed by atoms with Crippen LogP contribution in [0, 0.1) is 5.82 Å². The maximum Gasteiger partial charge on any atom is 0.299 e. The lowest BCUT2D eigenvalue weighted by Crippen LogP contribution is -2.29. The standard InChI is InChI=1S/C16H15FO6S/c17-13-5-1-11(2-6-13)9-10-23-14-7-3-12(4-8-14)15(18)16(19)24(20,21)22/h1-8,16,19H,9-10H2,(H,20,21,22). The molecule has 8 heteroatoms. The zero-order valence-corrected chi connectivity index (χ0v) is 13.2. The number of Topliss-reactive ketones (excluding diaryl/α,β-unsaturated/α-hetero) is 1. The Morgan fingerprint density at radius 3 is 2.21 bits per heavy atom. The molecule has 2 aromatic carbocycles. The molecule has 6 nitrogen and oxygen atoms in total. The van der Waals surface area contributed by atoms with E-state index in [1.165, 1.54) is 36.4 Å². The van der Waals surface area contributed by atoms with Gasteiger partial charge in [0.05, 0.1) is 6.61 Å². The van der Waals surface area contributed by atoms with Crippen molar-refractivity contribution in [2.75, 3.05) is 6.61 Å². The van der Waals surface area contributed by atoms with Crippen molar-refractivity contribution >= 4 is 15.9 Å². The summed E-state index contributed by atoms with van der Waals surface area (Å²) in [6, 6.07) is 11.5. The molecule has 0 aliphatic carbocycles. The fourth-order valence-electron chi connectivity index (χ4n) is 1.93. The minimum atomic E-state index is -4.86. The third kappa shape index (κ3) is 4.85. The second kappa shape index (κ2) is 7.52. The van der Waals surface area contributed by atoms with Crippen molar-refractivity contribution in [2.24, 2.45) is 0 Å². The first-order chi connectivity index (χ1) is 11.3. The highest BCUT2D eigenvalue weighted by molar-refractivity contribution is 7.87. The highest BCUT2D eigenvalue weighted by Crippen LogP contribution is 2.15. The Morgan fingerprint density at radius 1 is 1.08 bits per heavy atom. The number of hydrogen-bond acceptors (Lipinski definition) is 5. The van der Waals surface area contributed by atoms with E-state index in [0.29, 0.717) is 18.8 Å². The fraction of sp³-hybridized carbons (Fsp3) is 0.188. The predicted molar refractivity (Wildman–Crippen MR) is 83.9 cm³/mol. The molecule has 0 saturated carbocycles. The lowest BCUT2D eigenvalue weighted by atomic mass is 10.1. The Bertz CT molecular complexity index is 799. The molecule has 0 radical (unpaired) electrons. The van der Waals surface area contributed by atoms with E-state index in [1.54, 1.807) is 12.1 Å². The fourth-order valence-corrected chi connectivity index (χ4v) is 2.34. The van der Waals surface area contributed by atoms with Gasteiger partial charge in [0.1, 0.15) is 11.6 Å². The molecule has 0 spiro atoms. The predicted octanol–water partition coefficient (Wildman–Crippen LogP) is 1.84. The summed E-state index contributed by atoms with van der Waals surface area (Å²) >= 11 is 0. The van der Waals surface area contributed by atoms with Crippen LogP contribution in [0.4, 0.5) is 4.39 Å². The van der Waals surface area contributed by atoms with Crippen LogP contribution in [0.3, 0.4) is 0 Å². The average molecular weight is 354 g/mol. The third-order valence-electron chi connectivity index (χ3n) is 3.22. The van der Waals surface area contributed by atoms with Crippen LogP contribution >= 0.6 is 0 Å². The van der Waals surface area contributed by atoms with Crippen molar-refractivity contribution < 1.29 is 32.0 Å². The van der Waals surface area contributed by atoms with Gasteiger partial charge >= 0.3 is 0 Å². The highest BCUT2D eigenvalue weighted by Gasteiger charge is 2.29. The number of aliphatic hydroxyl groups excluding tert-OH is 1. The van der Waals surface area contributed by atoms with Gasteiger partial charge in [-0.3, -0.25) is 9.35 Å². The average Bonchev–Trinajstić information content (AvgIpc) is 2.55. The quantitative estimate of drug-likeness (QED) is 0.581. The van der Waals surface area contributed by atoms with E-state index >= 15 is 0 Å². The monoisotopic (exact) mass is 354 g/mol. The summed E-state index contributed by atoms with van der Waals surface area (Å²) in [6.45, 7) is 0.326. The molecule has 0 bridgehead atoms. The second-order valence-electron chi connectivity index (χ2n) is 4.98. The first kappa shape index (κ1) is 18.1. The summed E-state index contributed by atoms with van der Waals surface area (Å²) in [4.78, 5) is 11.7. The van der Waals surface area contributed by atoms with Crippen molar-refractivity contribution in [3.63, 3.8) is 0 Å². The van der Waals surface area contributed by atoms with Crippen LogP contribution in [0.1, 0.15) is 15.9 Å². The van der Waals surface area contributed by atoms with Gasteiger partial charge in [0.25, 0.3) is 10.1 Å². The van der Waals surface area contributed by atoms with Gasteiger partial charge in [-0.2, -0.15) is 8.42 Å². The topological polar surface area (TPSA) is 101 Å². The number of halogens is 1. The maximum atomic E-state index is 12.8. The Hall–Kier alpha value is -2.29. The largest absolute Gasteiger partial charge is 0.493 e. The SMILES string of the molecule is O=C(c1ccc(OCCc2ccc(F)cc2)cc1)C(O)S(=O)(=O)O.